The first-order valence-electron chi connectivity index (χ1n) is 9.49. The smallest absolute Gasteiger partial charge is 0.224 e. The summed E-state index contributed by atoms with van der Waals surface area (Å²) < 4.78 is 0. The lowest BCUT2D eigenvalue weighted by Gasteiger charge is -2.21. The molecule has 1 aliphatic rings. The Balaban J connectivity index is 2.05. The number of aryl methyl sites for hydroxylation is 1. The van der Waals surface area contributed by atoms with Crippen LogP contribution in [0.5, 0.6) is 0 Å². The Kier molecular flexibility index (Phi) is 6.63. The Bertz CT molecular complexity index is 914. The second kappa shape index (κ2) is 9.00. The average Bonchev–Trinajstić information content (AvgIpc) is 3.23. The molecular formula is C20H27N5O3S. The molecule has 8 nitrogen and oxygen atoms in total. The minimum absolute atomic E-state index is 0.185. The van der Waals surface area contributed by atoms with E-state index in [1.807, 2.05) is 26.0 Å². The van der Waals surface area contributed by atoms with Crippen LogP contribution in [0, 0.1) is 12.8 Å². The monoisotopic (exact) mass is 417 g/mol. The molecule has 0 aliphatic heterocycles. The van der Waals surface area contributed by atoms with Crippen molar-refractivity contribution in [2.24, 2.45) is 5.92 Å². The summed E-state index contributed by atoms with van der Waals surface area (Å²) >= 11 is 1.51. The summed E-state index contributed by atoms with van der Waals surface area (Å²) in [6.07, 6.45) is 4.07. The van der Waals surface area contributed by atoms with Crippen LogP contribution in [0.2, 0.25) is 0 Å². The molecule has 1 saturated carbocycles. The topological polar surface area (TPSA) is 123 Å². The van der Waals surface area contributed by atoms with E-state index in [0.29, 0.717) is 18.2 Å². The number of nitrogens with one attached hydrogen (secondary N) is 2. The highest BCUT2D eigenvalue weighted by Crippen LogP contribution is 2.37. The van der Waals surface area contributed by atoms with Crippen LogP contribution in [0.15, 0.2) is 12.7 Å². The summed E-state index contributed by atoms with van der Waals surface area (Å²) in [5.41, 5.74) is 2.25. The van der Waals surface area contributed by atoms with E-state index in [4.69, 9.17) is 4.98 Å². The number of allylic oxidation sites excluding steroid dienone is 1. The molecule has 2 aromatic rings. The molecule has 0 spiro atoms. The highest BCUT2D eigenvalue weighted by Gasteiger charge is 2.41. The molecule has 0 aromatic carbocycles. The molecule has 29 heavy (non-hydrogen) atoms. The van der Waals surface area contributed by atoms with Crippen LogP contribution in [-0.4, -0.2) is 62.2 Å². The maximum atomic E-state index is 10.4. The highest BCUT2D eigenvalue weighted by atomic mass is 32.1. The van der Waals surface area contributed by atoms with Crippen LogP contribution in [0.3, 0.4) is 0 Å². The first-order chi connectivity index (χ1) is 13.9. The van der Waals surface area contributed by atoms with Gasteiger partial charge in [-0.05, 0) is 32.4 Å². The highest BCUT2D eigenvalue weighted by molar-refractivity contribution is 7.16. The van der Waals surface area contributed by atoms with Gasteiger partial charge in [-0.3, -0.25) is 0 Å². The predicted molar refractivity (Wildman–Crippen MR) is 117 cm³/mol. The summed E-state index contributed by atoms with van der Waals surface area (Å²) in [6, 6.07) is -0.450. The van der Waals surface area contributed by atoms with E-state index in [9.17, 15) is 15.3 Å². The quantitative estimate of drug-likeness (QED) is 0.464. The number of thiazole rings is 1. The fourth-order valence-electron chi connectivity index (χ4n) is 3.54. The van der Waals surface area contributed by atoms with Gasteiger partial charge in [0.2, 0.25) is 5.95 Å². The van der Waals surface area contributed by atoms with E-state index < -0.39 is 18.2 Å². The van der Waals surface area contributed by atoms with Crippen molar-refractivity contribution in [1.29, 1.82) is 0 Å². The molecule has 5 N–H and O–H groups in total. The van der Waals surface area contributed by atoms with Crippen LogP contribution in [0.25, 0.3) is 22.7 Å². The normalized spacial score (nSPS) is 24.2. The van der Waals surface area contributed by atoms with Crippen LogP contribution >= 0.6 is 11.3 Å². The maximum Gasteiger partial charge on any atom is 0.224 e. The van der Waals surface area contributed by atoms with Gasteiger partial charge in [-0.1, -0.05) is 12.7 Å². The average molecular weight is 418 g/mol. The third-order valence-corrected chi connectivity index (χ3v) is 6.13. The Labute approximate surface area is 174 Å². The molecule has 0 radical (unpaired) electrons. The number of aromatic nitrogens is 3. The van der Waals surface area contributed by atoms with Gasteiger partial charge in [0.1, 0.15) is 16.9 Å². The molecule has 156 valence electrons. The van der Waals surface area contributed by atoms with Gasteiger partial charge >= 0.3 is 0 Å². The zero-order valence-electron chi connectivity index (χ0n) is 16.8. The van der Waals surface area contributed by atoms with E-state index in [1.165, 1.54) is 11.3 Å². The van der Waals surface area contributed by atoms with Crippen LogP contribution in [0.4, 0.5) is 11.8 Å². The first-order valence-corrected chi connectivity index (χ1v) is 10.3. The molecule has 0 amide bonds. The minimum Gasteiger partial charge on any atom is -0.396 e. The van der Waals surface area contributed by atoms with Gasteiger partial charge in [-0.15, -0.1) is 11.3 Å². The van der Waals surface area contributed by atoms with Crippen molar-refractivity contribution in [3.05, 3.63) is 28.9 Å². The van der Waals surface area contributed by atoms with Gasteiger partial charge in [0.05, 0.1) is 34.0 Å². The lowest BCUT2D eigenvalue weighted by molar-refractivity contribution is 0.00446. The fraction of sp³-hybridized carbons (Fsp3) is 0.450. The number of aliphatic hydroxyl groups excluding tert-OH is 3. The number of hydrogen-bond acceptors (Lipinski definition) is 9. The molecule has 1 aliphatic carbocycles. The molecule has 3 rings (SSSR count). The molecule has 4 atom stereocenters. The first kappa shape index (κ1) is 21.4. The number of rotatable bonds is 7. The Morgan fingerprint density at radius 1 is 1.24 bits per heavy atom. The van der Waals surface area contributed by atoms with Gasteiger partial charge in [0, 0.05) is 19.6 Å². The number of nitrogens with zero attached hydrogens (tertiary/aromatic N) is 3. The van der Waals surface area contributed by atoms with E-state index in [1.54, 1.807) is 13.1 Å². The molecule has 1 fully saturated rings. The number of hydrogen-bond donors (Lipinski definition) is 5. The Morgan fingerprint density at radius 3 is 2.59 bits per heavy atom. The summed E-state index contributed by atoms with van der Waals surface area (Å²) in [7, 11) is 1.73. The van der Waals surface area contributed by atoms with E-state index in [0.717, 1.165) is 26.8 Å². The van der Waals surface area contributed by atoms with Gasteiger partial charge in [-0.2, -0.15) is 4.98 Å². The summed E-state index contributed by atoms with van der Waals surface area (Å²) in [6.45, 7) is 7.48. The van der Waals surface area contributed by atoms with Crippen molar-refractivity contribution in [3.63, 3.8) is 0 Å². The van der Waals surface area contributed by atoms with E-state index >= 15 is 0 Å². The molecule has 9 heteroatoms. The summed E-state index contributed by atoms with van der Waals surface area (Å²) in [5.74, 6) is 0.578. The Morgan fingerprint density at radius 2 is 2.00 bits per heavy atom. The summed E-state index contributed by atoms with van der Waals surface area (Å²) in [5, 5.41) is 37.0. The molecule has 2 heterocycles. The largest absolute Gasteiger partial charge is 0.396 e. The zero-order valence-corrected chi connectivity index (χ0v) is 17.6. The zero-order chi connectivity index (χ0) is 21.1. The number of aliphatic hydroxyl groups is 3. The third kappa shape index (κ3) is 4.18. The van der Waals surface area contributed by atoms with Crippen molar-refractivity contribution in [3.8, 4) is 10.6 Å². The maximum absolute atomic E-state index is 10.4. The SMILES string of the molecule is C=Cc1nc(-c2c(C)nc(NC)nc2N[C@@H]2C[C@H](CO)[C@@H](O)[C@H]2O)sc1/C=C\C. The van der Waals surface area contributed by atoms with Gasteiger partial charge in [-0.25, -0.2) is 9.97 Å². The Hall–Kier alpha value is -2.33. The predicted octanol–water partition coefficient (Wildman–Crippen LogP) is 2.14. The van der Waals surface area contributed by atoms with Crippen LogP contribution in [-0.2, 0) is 0 Å². The van der Waals surface area contributed by atoms with Gasteiger partial charge < -0.3 is 26.0 Å². The standard InChI is InChI=1S/C20H27N5O3S/c1-5-7-14-12(6-2)24-19(29-14)15-10(3)22-20(21-4)25-18(15)23-13-8-11(9-26)16(27)17(13)28/h5-7,11,13,16-17,26-28H,2,8-9H2,1,3-4H3,(H2,21,22,23,25)/b7-5-/t11-,13-,16-,17+/m1/s1. The van der Waals surface area contributed by atoms with Crippen LogP contribution in [0.1, 0.15) is 29.6 Å². The van der Waals surface area contributed by atoms with E-state index in [-0.39, 0.29) is 12.5 Å². The number of anilines is 2. The van der Waals surface area contributed by atoms with Crippen molar-refractivity contribution in [1.82, 2.24) is 15.0 Å². The minimum atomic E-state index is -1.01. The molecule has 0 bridgehead atoms. The lowest BCUT2D eigenvalue weighted by Crippen LogP contribution is -2.35. The third-order valence-electron chi connectivity index (χ3n) is 5.08. The van der Waals surface area contributed by atoms with Gasteiger partial charge in [0.15, 0.2) is 0 Å². The van der Waals surface area contributed by atoms with E-state index in [2.05, 4.69) is 27.2 Å². The van der Waals surface area contributed by atoms with Crippen molar-refractivity contribution in [2.45, 2.75) is 38.5 Å². The van der Waals surface area contributed by atoms with Crippen molar-refractivity contribution >= 4 is 35.3 Å². The second-order valence-corrected chi connectivity index (χ2v) is 8.02. The lowest BCUT2D eigenvalue weighted by atomic mass is 10.1. The molecule has 0 saturated heterocycles. The van der Waals surface area contributed by atoms with Crippen LogP contribution < -0.4 is 10.6 Å². The molecule has 0 unspecified atom stereocenters. The summed E-state index contributed by atoms with van der Waals surface area (Å²) in [4.78, 5) is 14.7. The fourth-order valence-corrected chi connectivity index (χ4v) is 4.67. The van der Waals surface area contributed by atoms with Crippen molar-refractivity contribution < 1.29 is 15.3 Å². The molecule has 2 aromatic heterocycles. The van der Waals surface area contributed by atoms with Gasteiger partial charge in [0.25, 0.3) is 0 Å². The van der Waals surface area contributed by atoms with Crippen molar-refractivity contribution in [2.75, 3.05) is 24.3 Å². The molecular weight excluding hydrogens is 390 g/mol. The second-order valence-electron chi connectivity index (χ2n) is 6.99.